The van der Waals surface area contributed by atoms with Gasteiger partial charge in [0.1, 0.15) is 5.75 Å². The lowest BCUT2D eigenvalue weighted by atomic mass is 9.87. The predicted octanol–water partition coefficient (Wildman–Crippen LogP) is 3.45. The number of methoxy groups -OCH3 is 2. The Morgan fingerprint density at radius 2 is 1.95 bits per heavy atom. The van der Waals surface area contributed by atoms with Gasteiger partial charge in [-0.25, -0.2) is 4.79 Å². The Bertz CT molecular complexity index is 600. The second-order valence-electron chi connectivity index (χ2n) is 6.17. The first-order valence-electron chi connectivity index (χ1n) is 7.58. The third kappa shape index (κ3) is 2.57. The molecule has 2 atom stereocenters. The number of aryl methyl sites for hydroxylation is 1. The Labute approximate surface area is 125 Å². The largest absolute Gasteiger partial charge is 0.497 e. The van der Waals surface area contributed by atoms with Crippen molar-refractivity contribution in [2.75, 3.05) is 14.2 Å². The number of fused-ring (bicyclic) bond motifs is 2. The van der Waals surface area contributed by atoms with Crippen LogP contribution in [-0.2, 0) is 16.0 Å². The highest BCUT2D eigenvalue weighted by Gasteiger charge is 2.42. The molecule has 0 aliphatic heterocycles. The Hall–Kier alpha value is -1.77. The molecule has 3 nitrogen and oxygen atoms in total. The molecule has 0 radical (unpaired) electrons. The summed E-state index contributed by atoms with van der Waals surface area (Å²) in [5.74, 6) is 1.74. The first kappa shape index (κ1) is 14.2. The lowest BCUT2D eigenvalue weighted by Crippen LogP contribution is -2.15. The van der Waals surface area contributed by atoms with E-state index in [1.807, 2.05) is 6.07 Å². The number of carbonyl (C=O) groups excluding carboxylic acids is 1. The van der Waals surface area contributed by atoms with Gasteiger partial charge in [0, 0.05) is 5.57 Å². The van der Waals surface area contributed by atoms with Crippen LogP contribution in [0.15, 0.2) is 29.3 Å². The van der Waals surface area contributed by atoms with E-state index in [0.717, 1.165) is 30.6 Å². The zero-order valence-corrected chi connectivity index (χ0v) is 12.9. The lowest BCUT2D eigenvalue weighted by molar-refractivity contribution is -0.136. The summed E-state index contributed by atoms with van der Waals surface area (Å²) in [6.07, 6.45) is 4.31. The summed E-state index contributed by atoms with van der Waals surface area (Å²) in [5, 5.41) is 0. The van der Waals surface area contributed by atoms with E-state index in [0.29, 0.717) is 11.8 Å². The zero-order valence-electron chi connectivity index (χ0n) is 12.9. The monoisotopic (exact) mass is 286 g/mol. The van der Waals surface area contributed by atoms with Crippen LogP contribution in [0.2, 0.25) is 0 Å². The molecule has 0 N–H and O–H groups in total. The standard InChI is InChI=1S/C18H22O3/c1-11-6-12(8-15(7-11)20-2)9-16-13-4-5-14(10-13)17(16)18(19)21-3/h6-8,13-14H,4-5,9-10H2,1-3H3. The van der Waals surface area contributed by atoms with Crippen molar-refractivity contribution in [2.45, 2.75) is 32.6 Å². The number of ether oxygens (including phenoxy) is 2. The van der Waals surface area contributed by atoms with Crippen molar-refractivity contribution in [3.05, 3.63) is 40.5 Å². The van der Waals surface area contributed by atoms with Crippen LogP contribution in [-0.4, -0.2) is 20.2 Å². The third-order valence-electron chi connectivity index (χ3n) is 4.83. The molecule has 2 unspecified atom stereocenters. The highest BCUT2D eigenvalue weighted by molar-refractivity contribution is 5.91. The molecule has 0 amide bonds. The van der Waals surface area contributed by atoms with E-state index in [1.54, 1.807) is 7.11 Å². The smallest absolute Gasteiger partial charge is 0.333 e. The predicted molar refractivity (Wildman–Crippen MR) is 81.3 cm³/mol. The van der Waals surface area contributed by atoms with Crippen LogP contribution in [0, 0.1) is 18.8 Å². The summed E-state index contributed by atoms with van der Waals surface area (Å²) in [7, 11) is 3.17. The van der Waals surface area contributed by atoms with Crippen LogP contribution in [0.25, 0.3) is 0 Å². The van der Waals surface area contributed by atoms with Crippen LogP contribution in [0.3, 0.4) is 0 Å². The van der Waals surface area contributed by atoms with E-state index in [4.69, 9.17) is 9.47 Å². The summed E-state index contributed by atoms with van der Waals surface area (Å²) in [5.41, 5.74) is 4.66. The van der Waals surface area contributed by atoms with E-state index in [9.17, 15) is 4.79 Å². The van der Waals surface area contributed by atoms with Gasteiger partial charge in [-0.2, -0.15) is 0 Å². The number of allylic oxidation sites excluding steroid dienone is 1. The number of esters is 1. The maximum Gasteiger partial charge on any atom is 0.333 e. The van der Waals surface area contributed by atoms with Crippen molar-refractivity contribution in [1.29, 1.82) is 0 Å². The molecule has 21 heavy (non-hydrogen) atoms. The van der Waals surface area contributed by atoms with E-state index in [2.05, 4.69) is 19.1 Å². The molecule has 2 bridgehead atoms. The van der Waals surface area contributed by atoms with Gasteiger partial charge in [0.25, 0.3) is 0 Å². The Morgan fingerprint density at radius 3 is 2.67 bits per heavy atom. The number of benzene rings is 1. The number of hydrogen-bond acceptors (Lipinski definition) is 3. The molecular formula is C18H22O3. The van der Waals surface area contributed by atoms with Crippen LogP contribution in [0.1, 0.15) is 30.4 Å². The van der Waals surface area contributed by atoms with Gasteiger partial charge < -0.3 is 9.47 Å². The summed E-state index contributed by atoms with van der Waals surface area (Å²) < 4.78 is 10.4. The Balaban J connectivity index is 1.94. The van der Waals surface area contributed by atoms with Crippen molar-refractivity contribution in [3.63, 3.8) is 0 Å². The summed E-state index contributed by atoms with van der Waals surface area (Å²) in [4.78, 5) is 12.1. The molecule has 0 heterocycles. The Morgan fingerprint density at radius 1 is 1.19 bits per heavy atom. The highest BCUT2D eigenvalue weighted by Crippen LogP contribution is 2.49. The first-order chi connectivity index (χ1) is 10.1. The summed E-state index contributed by atoms with van der Waals surface area (Å²) in [6.45, 7) is 2.07. The molecule has 112 valence electrons. The van der Waals surface area contributed by atoms with Gasteiger partial charge in [0.2, 0.25) is 0 Å². The van der Waals surface area contributed by atoms with Crippen molar-refractivity contribution >= 4 is 5.97 Å². The molecule has 3 rings (SSSR count). The minimum Gasteiger partial charge on any atom is -0.497 e. The van der Waals surface area contributed by atoms with Crippen LogP contribution >= 0.6 is 0 Å². The average Bonchev–Trinajstić information content (AvgIpc) is 3.07. The molecule has 2 aliphatic carbocycles. The third-order valence-corrected chi connectivity index (χ3v) is 4.83. The van der Waals surface area contributed by atoms with Crippen molar-refractivity contribution in [1.82, 2.24) is 0 Å². The normalized spacial score (nSPS) is 23.6. The molecule has 2 aliphatic rings. The molecule has 0 spiro atoms. The summed E-state index contributed by atoms with van der Waals surface area (Å²) >= 11 is 0. The number of carbonyl (C=O) groups is 1. The van der Waals surface area contributed by atoms with Gasteiger partial charge in [0.05, 0.1) is 14.2 Å². The summed E-state index contributed by atoms with van der Waals surface area (Å²) in [6, 6.07) is 6.28. The minimum absolute atomic E-state index is 0.128. The van der Waals surface area contributed by atoms with Gasteiger partial charge in [-0.1, -0.05) is 11.6 Å². The molecule has 1 fully saturated rings. The van der Waals surface area contributed by atoms with Gasteiger partial charge in [-0.05, 0) is 67.7 Å². The minimum atomic E-state index is -0.128. The van der Waals surface area contributed by atoms with Crippen LogP contribution in [0.5, 0.6) is 5.75 Å². The van der Waals surface area contributed by atoms with E-state index in [-0.39, 0.29) is 5.97 Å². The Kier molecular flexibility index (Phi) is 3.75. The maximum atomic E-state index is 12.1. The fourth-order valence-electron chi connectivity index (χ4n) is 3.95. The SMILES string of the molecule is COC(=O)C1=C(Cc2cc(C)cc(OC)c2)C2CCC1C2. The fourth-order valence-corrected chi connectivity index (χ4v) is 3.95. The van der Waals surface area contributed by atoms with Gasteiger partial charge in [-0.3, -0.25) is 0 Å². The molecule has 0 aromatic heterocycles. The second-order valence-corrected chi connectivity index (χ2v) is 6.17. The zero-order chi connectivity index (χ0) is 15.0. The molecular weight excluding hydrogens is 264 g/mol. The molecule has 3 heteroatoms. The van der Waals surface area contributed by atoms with Gasteiger partial charge in [-0.15, -0.1) is 0 Å². The van der Waals surface area contributed by atoms with Crippen molar-refractivity contribution in [3.8, 4) is 5.75 Å². The topological polar surface area (TPSA) is 35.5 Å². The molecule has 1 aromatic carbocycles. The second kappa shape index (κ2) is 5.55. The van der Waals surface area contributed by atoms with E-state index in [1.165, 1.54) is 30.2 Å². The first-order valence-corrected chi connectivity index (χ1v) is 7.58. The highest BCUT2D eigenvalue weighted by atomic mass is 16.5. The average molecular weight is 286 g/mol. The molecule has 1 aromatic rings. The van der Waals surface area contributed by atoms with E-state index < -0.39 is 0 Å². The van der Waals surface area contributed by atoms with Gasteiger partial charge in [0.15, 0.2) is 0 Å². The van der Waals surface area contributed by atoms with Crippen molar-refractivity contribution < 1.29 is 14.3 Å². The lowest BCUT2D eigenvalue weighted by Gasteiger charge is -2.19. The molecule has 0 saturated heterocycles. The van der Waals surface area contributed by atoms with Crippen molar-refractivity contribution in [2.24, 2.45) is 11.8 Å². The fraction of sp³-hybridized carbons (Fsp3) is 0.500. The van der Waals surface area contributed by atoms with Crippen LogP contribution < -0.4 is 4.74 Å². The van der Waals surface area contributed by atoms with Gasteiger partial charge >= 0.3 is 5.97 Å². The number of hydrogen-bond donors (Lipinski definition) is 0. The number of rotatable bonds is 4. The quantitative estimate of drug-likeness (QED) is 0.795. The van der Waals surface area contributed by atoms with Crippen LogP contribution in [0.4, 0.5) is 0 Å². The maximum absolute atomic E-state index is 12.1. The molecule has 1 saturated carbocycles. The van der Waals surface area contributed by atoms with E-state index >= 15 is 0 Å².